The van der Waals surface area contributed by atoms with E-state index in [2.05, 4.69) is 20.6 Å². The van der Waals surface area contributed by atoms with E-state index < -0.39 is 11.6 Å². The van der Waals surface area contributed by atoms with Crippen molar-refractivity contribution in [3.05, 3.63) is 54.4 Å². The van der Waals surface area contributed by atoms with Crippen molar-refractivity contribution in [2.24, 2.45) is 0 Å². The Labute approximate surface area is 152 Å². The van der Waals surface area contributed by atoms with Crippen molar-refractivity contribution in [2.75, 3.05) is 16.5 Å². The molecule has 1 amide bonds. The molecule has 2 N–H and O–H groups in total. The first-order valence-corrected chi connectivity index (χ1v) is 7.43. The summed E-state index contributed by atoms with van der Waals surface area (Å²) >= 11 is 5.47. The van der Waals surface area contributed by atoms with Gasteiger partial charge in [-0.3, -0.25) is 4.79 Å². The number of benzene rings is 2. The van der Waals surface area contributed by atoms with Crippen LogP contribution in [0.3, 0.4) is 0 Å². The molecule has 25 heavy (non-hydrogen) atoms. The summed E-state index contributed by atoms with van der Waals surface area (Å²) in [4.78, 5) is 19.6. The standard InChI is InChI=1S/C16H11ClF2N4O.ClH/c17-7-15(24)22-9-2-4-14-11(5-9)16(21-8-20-14)23-10-1-3-12(18)13(19)6-10;/h1-6,8H,7H2,(H,22,24)(H,20,21,23);1H. The molecule has 0 spiro atoms. The monoisotopic (exact) mass is 384 g/mol. The lowest BCUT2D eigenvalue weighted by molar-refractivity contribution is -0.113. The van der Waals surface area contributed by atoms with Crippen molar-refractivity contribution >= 4 is 58.0 Å². The molecule has 5 nitrogen and oxygen atoms in total. The number of carbonyl (C=O) groups excluding carboxylic acids is 1. The van der Waals surface area contributed by atoms with Gasteiger partial charge in [0.15, 0.2) is 11.6 Å². The number of alkyl halides is 1. The highest BCUT2D eigenvalue weighted by molar-refractivity contribution is 6.29. The number of nitrogens with one attached hydrogen (secondary N) is 2. The summed E-state index contributed by atoms with van der Waals surface area (Å²) in [6.07, 6.45) is 1.35. The molecule has 130 valence electrons. The van der Waals surface area contributed by atoms with Crippen LogP contribution in [-0.4, -0.2) is 21.8 Å². The zero-order chi connectivity index (χ0) is 17.1. The van der Waals surface area contributed by atoms with Crippen molar-refractivity contribution in [1.82, 2.24) is 9.97 Å². The second kappa shape index (κ2) is 8.04. The van der Waals surface area contributed by atoms with Crippen molar-refractivity contribution in [3.8, 4) is 0 Å². The van der Waals surface area contributed by atoms with Crippen LogP contribution in [0.5, 0.6) is 0 Å². The number of hydrogen-bond acceptors (Lipinski definition) is 4. The quantitative estimate of drug-likeness (QED) is 0.659. The number of hydrogen-bond donors (Lipinski definition) is 2. The van der Waals surface area contributed by atoms with Crippen LogP contribution in [-0.2, 0) is 4.79 Å². The lowest BCUT2D eigenvalue weighted by Crippen LogP contribution is -2.12. The van der Waals surface area contributed by atoms with Gasteiger partial charge in [-0.1, -0.05) is 0 Å². The van der Waals surface area contributed by atoms with E-state index in [1.807, 2.05) is 0 Å². The lowest BCUT2D eigenvalue weighted by Gasteiger charge is -2.10. The van der Waals surface area contributed by atoms with Crippen LogP contribution in [0.4, 0.5) is 26.0 Å². The number of rotatable bonds is 4. The Morgan fingerprint density at radius 2 is 1.80 bits per heavy atom. The second-order valence-electron chi connectivity index (χ2n) is 4.89. The van der Waals surface area contributed by atoms with E-state index in [9.17, 15) is 13.6 Å². The maximum atomic E-state index is 13.3. The third kappa shape index (κ3) is 4.32. The summed E-state index contributed by atoms with van der Waals surface area (Å²) in [6.45, 7) is 0. The van der Waals surface area contributed by atoms with Crippen LogP contribution in [0.15, 0.2) is 42.7 Å². The number of amides is 1. The summed E-state index contributed by atoms with van der Waals surface area (Å²) in [7, 11) is 0. The molecule has 0 atom stereocenters. The molecule has 1 heterocycles. The van der Waals surface area contributed by atoms with Gasteiger partial charge in [-0.25, -0.2) is 18.7 Å². The highest BCUT2D eigenvalue weighted by Gasteiger charge is 2.09. The first kappa shape index (κ1) is 18.8. The van der Waals surface area contributed by atoms with Gasteiger partial charge in [0.2, 0.25) is 5.91 Å². The third-order valence-corrected chi connectivity index (χ3v) is 3.47. The molecule has 1 aromatic heterocycles. The number of carbonyl (C=O) groups is 1. The predicted octanol–water partition coefficient (Wildman–Crippen LogP) is 4.25. The fraction of sp³-hybridized carbons (Fsp3) is 0.0625. The molecule has 0 unspecified atom stereocenters. The Balaban J connectivity index is 0.00000225. The number of aromatic nitrogens is 2. The Hall–Kier alpha value is -2.51. The Morgan fingerprint density at radius 1 is 1.04 bits per heavy atom. The summed E-state index contributed by atoms with van der Waals surface area (Å²) in [5, 5.41) is 6.15. The topological polar surface area (TPSA) is 66.9 Å². The smallest absolute Gasteiger partial charge is 0.239 e. The summed E-state index contributed by atoms with van der Waals surface area (Å²) < 4.78 is 26.4. The van der Waals surface area contributed by atoms with E-state index >= 15 is 0 Å². The molecule has 0 saturated carbocycles. The maximum absolute atomic E-state index is 13.3. The molecule has 0 aliphatic rings. The van der Waals surface area contributed by atoms with Gasteiger partial charge >= 0.3 is 0 Å². The summed E-state index contributed by atoms with van der Waals surface area (Å²) in [5.41, 5.74) is 1.49. The SMILES string of the molecule is Cl.O=C(CCl)Nc1ccc2ncnc(Nc3ccc(F)c(F)c3)c2c1. The molecular formula is C16H12Cl2F2N4O. The highest BCUT2D eigenvalue weighted by Crippen LogP contribution is 2.26. The fourth-order valence-electron chi connectivity index (χ4n) is 2.14. The van der Waals surface area contributed by atoms with Crippen molar-refractivity contribution < 1.29 is 13.6 Å². The van der Waals surface area contributed by atoms with Gasteiger partial charge in [-0.15, -0.1) is 24.0 Å². The zero-order valence-electron chi connectivity index (χ0n) is 12.6. The zero-order valence-corrected chi connectivity index (χ0v) is 14.2. The molecule has 3 aromatic rings. The van der Waals surface area contributed by atoms with Crippen LogP contribution in [0, 0.1) is 11.6 Å². The Morgan fingerprint density at radius 3 is 2.52 bits per heavy atom. The Bertz CT molecular complexity index is 924. The van der Waals surface area contributed by atoms with Gasteiger partial charge in [-0.05, 0) is 30.3 Å². The maximum Gasteiger partial charge on any atom is 0.239 e. The van der Waals surface area contributed by atoms with E-state index in [1.54, 1.807) is 18.2 Å². The third-order valence-electron chi connectivity index (χ3n) is 3.22. The van der Waals surface area contributed by atoms with E-state index in [1.165, 1.54) is 12.4 Å². The van der Waals surface area contributed by atoms with E-state index in [-0.39, 0.29) is 24.2 Å². The summed E-state index contributed by atoms with van der Waals surface area (Å²) in [5.74, 6) is -2.01. The van der Waals surface area contributed by atoms with E-state index in [4.69, 9.17) is 11.6 Å². The number of nitrogens with zero attached hydrogens (tertiary/aromatic N) is 2. The van der Waals surface area contributed by atoms with Crippen molar-refractivity contribution in [2.45, 2.75) is 0 Å². The van der Waals surface area contributed by atoms with Crippen LogP contribution < -0.4 is 10.6 Å². The van der Waals surface area contributed by atoms with Crippen LogP contribution in [0.1, 0.15) is 0 Å². The second-order valence-corrected chi connectivity index (χ2v) is 5.16. The van der Waals surface area contributed by atoms with Gasteiger partial charge < -0.3 is 10.6 Å². The van der Waals surface area contributed by atoms with Gasteiger partial charge in [0.25, 0.3) is 0 Å². The lowest BCUT2D eigenvalue weighted by atomic mass is 10.2. The molecule has 3 rings (SSSR count). The largest absolute Gasteiger partial charge is 0.340 e. The average Bonchev–Trinajstić information content (AvgIpc) is 2.58. The molecule has 0 saturated heterocycles. The van der Waals surface area contributed by atoms with E-state index in [0.29, 0.717) is 28.1 Å². The molecule has 0 aliphatic carbocycles. The summed E-state index contributed by atoms with van der Waals surface area (Å²) in [6, 6.07) is 8.50. The van der Waals surface area contributed by atoms with Crippen LogP contribution in [0.2, 0.25) is 0 Å². The highest BCUT2D eigenvalue weighted by atomic mass is 35.5. The predicted molar refractivity (Wildman–Crippen MR) is 95.8 cm³/mol. The average molecular weight is 385 g/mol. The van der Waals surface area contributed by atoms with Gasteiger partial charge in [-0.2, -0.15) is 0 Å². The molecule has 0 radical (unpaired) electrons. The van der Waals surface area contributed by atoms with Crippen LogP contribution >= 0.6 is 24.0 Å². The normalized spacial score (nSPS) is 10.2. The number of anilines is 3. The minimum Gasteiger partial charge on any atom is -0.340 e. The Kier molecular flexibility index (Phi) is 6.06. The first-order chi connectivity index (χ1) is 11.6. The molecule has 0 aliphatic heterocycles. The molecule has 2 aromatic carbocycles. The van der Waals surface area contributed by atoms with Crippen molar-refractivity contribution in [1.29, 1.82) is 0 Å². The fourth-order valence-corrected chi connectivity index (χ4v) is 2.21. The number of halogens is 4. The molecule has 0 bridgehead atoms. The molecular weight excluding hydrogens is 373 g/mol. The first-order valence-electron chi connectivity index (χ1n) is 6.89. The van der Waals surface area contributed by atoms with Gasteiger partial charge in [0.05, 0.1) is 5.52 Å². The number of fused-ring (bicyclic) bond motifs is 1. The minimum atomic E-state index is -0.964. The van der Waals surface area contributed by atoms with Gasteiger partial charge in [0, 0.05) is 22.8 Å². The van der Waals surface area contributed by atoms with Crippen LogP contribution in [0.25, 0.3) is 10.9 Å². The molecule has 9 heteroatoms. The van der Waals surface area contributed by atoms with Crippen molar-refractivity contribution in [3.63, 3.8) is 0 Å². The van der Waals surface area contributed by atoms with E-state index in [0.717, 1.165) is 12.1 Å². The minimum absolute atomic E-state index is 0. The van der Waals surface area contributed by atoms with Gasteiger partial charge in [0.1, 0.15) is 18.0 Å². The molecule has 0 fully saturated rings.